The number of amides is 2. The molecule has 2 aromatic rings. The van der Waals surface area contributed by atoms with Gasteiger partial charge in [0.25, 0.3) is 5.91 Å². The van der Waals surface area contributed by atoms with Crippen molar-refractivity contribution in [3.05, 3.63) is 29.2 Å². The molecular weight excluding hydrogens is 518 g/mol. The maximum absolute atomic E-state index is 13.9. The molecule has 5 rings (SSSR count). The Hall–Kier alpha value is -2.90. The Morgan fingerprint density at radius 3 is 2.22 bits per heavy atom. The summed E-state index contributed by atoms with van der Waals surface area (Å²) in [5.74, 6) is -0.278. The molecule has 0 radical (unpaired) electrons. The monoisotopic (exact) mass is 565 g/mol. The number of piperazine rings is 1. The number of furan rings is 1. The lowest BCUT2D eigenvalue weighted by molar-refractivity contribution is -0.153. The molecule has 3 heterocycles. The highest BCUT2D eigenvalue weighted by atomic mass is 16.4. The summed E-state index contributed by atoms with van der Waals surface area (Å²) in [6.07, 6.45) is 8.27. The summed E-state index contributed by atoms with van der Waals surface area (Å²) in [5.41, 5.74) is 2.16. The van der Waals surface area contributed by atoms with Crippen LogP contribution in [0.3, 0.4) is 0 Å². The van der Waals surface area contributed by atoms with Crippen molar-refractivity contribution in [2.24, 2.45) is 11.3 Å². The van der Waals surface area contributed by atoms with Gasteiger partial charge in [0.1, 0.15) is 5.52 Å². The first-order chi connectivity index (χ1) is 19.2. The number of rotatable bonds is 4. The zero-order valence-corrected chi connectivity index (χ0v) is 25.7. The average molecular weight is 566 g/mol. The van der Waals surface area contributed by atoms with Gasteiger partial charge in [-0.15, -0.1) is 0 Å². The third kappa shape index (κ3) is 5.76. The fourth-order valence-corrected chi connectivity index (χ4v) is 7.14. The highest BCUT2D eigenvalue weighted by Crippen LogP contribution is 2.41. The molecule has 1 N–H and O–H groups in total. The number of nitrogens with zero attached hydrogens (tertiary/aromatic N) is 3. The van der Waals surface area contributed by atoms with E-state index in [0.29, 0.717) is 62.6 Å². The minimum absolute atomic E-state index is 0.0793. The molecule has 224 valence electrons. The number of pyridine rings is 1. The Labute approximate surface area is 243 Å². The van der Waals surface area contributed by atoms with Crippen LogP contribution in [0.1, 0.15) is 127 Å². The summed E-state index contributed by atoms with van der Waals surface area (Å²) in [4.78, 5) is 47.7. The molecule has 0 unspecified atom stereocenters. The van der Waals surface area contributed by atoms with Gasteiger partial charge in [-0.1, -0.05) is 40.0 Å². The Kier molecular flexibility index (Phi) is 7.75. The molecule has 3 aliphatic rings. The zero-order valence-electron chi connectivity index (χ0n) is 25.7. The molecule has 2 amide bonds. The van der Waals surface area contributed by atoms with Crippen LogP contribution in [-0.4, -0.2) is 62.8 Å². The van der Waals surface area contributed by atoms with Gasteiger partial charge in [0.15, 0.2) is 11.3 Å². The SMILES string of the molecule is CC(C)(C)c1cc(C2CCCCC2)nc2cc(C(=O)N3CCN(C(=O)[C@H]4CC[C@@](C)(C(=O)O)CC4)CC3(C)C)oc12. The summed E-state index contributed by atoms with van der Waals surface area (Å²) in [6, 6.07) is 4.02. The summed E-state index contributed by atoms with van der Waals surface area (Å²) < 4.78 is 6.30. The van der Waals surface area contributed by atoms with Crippen molar-refractivity contribution < 1.29 is 23.9 Å². The lowest BCUT2D eigenvalue weighted by atomic mass is 9.71. The predicted molar refractivity (Wildman–Crippen MR) is 158 cm³/mol. The van der Waals surface area contributed by atoms with E-state index in [9.17, 15) is 19.5 Å². The van der Waals surface area contributed by atoms with Gasteiger partial charge < -0.3 is 19.3 Å². The summed E-state index contributed by atoms with van der Waals surface area (Å²) in [6.45, 7) is 13.6. The predicted octanol–water partition coefficient (Wildman–Crippen LogP) is 6.52. The molecule has 0 aromatic carbocycles. The van der Waals surface area contributed by atoms with E-state index in [0.717, 1.165) is 29.6 Å². The summed E-state index contributed by atoms with van der Waals surface area (Å²) in [5, 5.41) is 9.54. The number of fused-ring (bicyclic) bond motifs is 1. The van der Waals surface area contributed by atoms with E-state index in [1.54, 1.807) is 6.92 Å². The molecule has 2 aliphatic carbocycles. The van der Waals surface area contributed by atoms with E-state index in [4.69, 9.17) is 9.40 Å². The number of carboxylic acids is 1. The number of aliphatic carboxylic acids is 1. The van der Waals surface area contributed by atoms with Crippen molar-refractivity contribution in [2.75, 3.05) is 19.6 Å². The molecule has 8 heteroatoms. The first kappa shape index (κ1) is 29.6. The Bertz CT molecular complexity index is 1320. The van der Waals surface area contributed by atoms with Crippen LogP contribution >= 0.6 is 0 Å². The van der Waals surface area contributed by atoms with Gasteiger partial charge in [0, 0.05) is 48.8 Å². The van der Waals surface area contributed by atoms with Gasteiger partial charge in [-0.3, -0.25) is 14.4 Å². The Balaban J connectivity index is 1.33. The molecule has 0 spiro atoms. The van der Waals surface area contributed by atoms with Crippen LogP contribution in [0.2, 0.25) is 0 Å². The minimum atomic E-state index is -0.780. The van der Waals surface area contributed by atoms with Crippen LogP contribution in [-0.2, 0) is 15.0 Å². The van der Waals surface area contributed by atoms with E-state index in [1.165, 1.54) is 19.3 Å². The smallest absolute Gasteiger partial charge is 0.309 e. The molecule has 0 bridgehead atoms. The number of carbonyl (C=O) groups excluding carboxylic acids is 2. The van der Waals surface area contributed by atoms with E-state index in [-0.39, 0.29) is 23.1 Å². The average Bonchev–Trinajstić information content (AvgIpc) is 3.36. The topological polar surface area (TPSA) is 104 Å². The molecule has 2 saturated carbocycles. The van der Waals surface area contributed by atoms with Crippen molar-refractivity contribution in [1.82, 2.24) is 14.8 Å². The molecule has 1 aliphatic heterocycles. The fourth-order valence-electron chi connectivity index (χ4n) is 7.14. The maximum atomic E-state index is 13.9. The molecular formula is C33H47N3O5. The van der Waals surface area contributed by atoms with Crippen LogP contribution in [0, 0.1) is 11.3 Å². The molecule has 2 aromatic heterocycles. The molecule has 41 heavy (non-hydrogen) atoms. The second kappa shape index (κ2) is 10.7. The maximum Gasteiger partial charge on any atom is 0.309 e. The number of hydrogen-bond acceptors (Lipinski definition) is 5. The standard InChI is InChI=1S/C33H47N3O5/c1-31(2,3)23-18-24(21-10-8-7-9-11-21)34-25-19-26(41-27(23)25)29(38)36-17-16-35(20-32(36,4)5)28(37)22-12-14-33(6,15-13-22)30(39)40/h18-19,21-22H,7-17,20H2,1-6H3,(H,39,40)/t22-,33+. The fraction of sp³-hybridized carbons (Fsp3) is 0.697. The zero-order chi connectivity index (χ0) is 29.7. The first-order valence-corrected chi connectivity index (χ1v) is 15.5. The summed E-state index contributed by atoms with van der Waals surface area (Å²) >= 11 is 0. The molecule has 1 saturated heterocycles. The van der Waals surface area contributed by atoms with Crippen LogP contribution in [0.15, 0.2) is 16.5 Å². The van der Waals surface area contributed by atoms with E-state index in [2.05, 4.69) is 26.8 Å². The van der Waals surface area contributed by atoms with E-state index < -0.39 is 16.9 Å². The quantitative estimate of drug-likeness (QED) is 0.453. The third-order valence-electron chi connectivity index (χ3n) is 9.95. The van der Waals surface area contributed by atoms with Crippen LogP contribution in [0.5, 0.6) is 0 Å². The van der Waals surface area contributed by atoms with E-state index in [1.807, 2.05) is 29.7 Å². The van der Waals surface area contributed by atoms with E-state index >= 15 is 0 Å². The van der Waals surface area contributed by atoms with Crippen LogP contribution in [0.4, 0.5) is 0 Å². The highest BCUT2D eigenvalue weighted by Gasteiger charge is 2.44. The van der Waals surface area contributed by atoms with Gasteiger partial charge in [-0.25, -0.2) is 4.98 Å². The first-order valence-electron chi connectivity index (χ1n) is 15.5. The van der Waals surface area contributed by atoms with Crippen molar-refractivity contribution in [2.45, 2.75) is 116 Å². The summed E-state index contributed by atoms with van der Waals surface area (Å²) in [7, 11) is 0. The largest absolute Gasteiger partial charge is 0.481 e. The third-order valence-corrected chi connectivity index (χ3v) is 9.95. The normalized spacial score (nSPS) is 25.9. The second-order valence-electron chi connectivity index (χ2n) is 14.7. The Morgan fingerprint density at radius 2 is 1.63 bits per heavy atom. The number of aromatic nitrogens is 1. The lowest BCUT2D eigenvalue weighted by Gasteiger charge is -2.48. The minimum Gasteiger partial charge on any atom is -0.481 e. The van der Waals surface area contributed by atoms with Crippen LogP contribution in [0.25, 0.3) is 11.1 Å². The van der Waals surface area contributed by atoms with Gasteiger partial charge in [-0.2, -0.15) is 0 Å². The second-order valence-corrected chi connectivity index (χ2v) is 14.7. The van der Waals surface area contributed by atoms with Crippen LogP contribution < -0.4 is 0 Å². The number of carbonyl (C=O) groups is 3. The number of carboxylic acid groups (broad SMARTS) is 1. The molecule has 0 atom stereocenters. The Morgan fingerprint density at radius 1 is 0.976 bits per heavy atom. The lowest BCUT2D eigenvalue weighted by Crippen LogP contribution is -2.62. The highest BCUT2D eigenvalue weighted by molar-refractivity contribution is 5.96. The van der Waals surface area contributed by atoms with Crippen molar-refractivity contribution >= 4 is 28.9 Å². The van der Waals surface area contributed by atoms with Gasteiger partial charge in [0.2, 0.25) is 5.91 Å². The van der Waals surface area contributed by atoms with Gasteiger partial charge >= 0.3 is 5.97 Å². The van der Waals surface area contributed by atoms with Crippen molar-refractivity contribution in [3.63, 3.8) is 0 Å². The van der Waals surface area contributed by atoms with Crippen molar-refractivity contribution in [1.29, 1.82) is 0 Å². The van der Waals surface area contributed by atoms with Gasteiger partial charge in [0.05, 0.1) is 11.0 Å². The molecule has 3 fully saturated rings. The molecule has 8 nitrogen and oxygen atoms in total. The van der Waals surface area contributed by atoms with Crippen molar-refractivity contribution in [3.8, 4) is 0 Å². The number of hydrogen-bond donors (Lipinski definition) is 1. The van der Waals surface area contributed by atoms with Gasteiger partial charge in [-0.05, 0) is 70.8 Å².